The van der Waals surface area contributed by atoms with Crippen LogP contribution in [-0.4, -0.2) is 45.3 Å². The monoisotopic (exact) mass is 251 g/mol. The number of rotatable bonds is 5. The number of hydrogen-bond acceptors (Lipinski definition) is 4. The molecule has 2 rings (SSSR count). The summed E-state index contributed by atoms with van der Waals surface area (Å²) in [6.45, 7) is 10.8. The first kappa shape index (κ1) is 13.5. The van der Waals surface area contributed by atoms with Crippen LogP contribution in [0.3, 0.4) is 0 Å². The third-order valence-corrected chi connectivity index (χ3v) is 3.71. The number of aromatic nitrogens is 3. The van der Waals surface area contributed by atoms with E-state index in [1.54, 1.807) is 6.33 Å². The van der Waals surface area contributed by atoms with Crippen LogP contribution in [-0.2, 0) is 6.54 Å². The third kappa shape index (κ3) is 3.09. The highest BCUT2D eigenvalue weighted by molar-refractivity contribution is 4.89. The Kier molecular flexibility index (Phi) is 4.72. The number of nitrogens with zero attached hydrogens (tertiary/aromatic N) is 4. The molecule has 18 heavy (non-hydrogen) atoms. The molecule has 0 saturated carbocycles. The minimum atomic E-state index is 0.384. The standard InChI is InChI=1S/C13H25N5/c1-4-17(12-5-7-14-8-6-12)9-13-15-10-16-18(13)11(2)3/h10-12,14H,4-9H2,1-3H3. The topological polar surface area (TPSA) is 46.0 Å². The lowest BCUT2D eigenvalue weighted by Gasteiger charge is -2.33. The molecule has 1 aromatic heterocycles. The van der Waals surface area contributed by atoms with Crippen LogP contribution in [0.5, 0.6) is 0 Å². The van der Waals surface area contributed by atoms with Crippen molar-refractivity contribution in [3.63, 3.8) is 0 Å². The Balaban J connectivity index is 2.02. The van der Waals surface area contributed by atoms with Gasteiger partial charge in [0.25, 0.3) is 0 Å². The van der Waals surface area contributed by atoms with E-state index in [-0.39, 0.29) is 0 Å². The van der Waals surface area contributed by atoms with Crippen LogP contribution in [0.15, 0.2) is 6.33 Å². The molecule has 0 atom stereocenters. The molecule has 0 aliphatic carbocycles. The second-order valence-electron chi connectivity index (χ2n) is 5.26. The predicted octanol–water partition coefficient (Wildman–Crippen LogP) is 1.43. The van der Waals surface area contributed by atoms with E-state index < -0.39 is 0 Å². The van der Waals surface area contributed by atoms with Crippen molar-refractivity contribution in [2.75, 3.05) is 19.6 Å². The quantitative estimate of drug-likeness (QED) is 0.860. The molecule has 0 amide bonds. The van der Waals surface area contributed by atoms with E-state index in [2.05, 4.69) is 41.1 Å². The van der Waals surface area contributed by atoms with E-state index >= 15 is 0 Å². The largest absolute Gasteiger partial charge is 0.317 e. The molecule has 1 aliphatic heterocycles. The van der Waals surface area contributed by atoms with Crippen LogP contribution >= 0.6 is 0 Å². The fourth-order valence-corrected chi connectivity index (χ4v) is 2.67. The second-order valence-corrected chi connectivity index (χ2v) is 5.26. The van der Waals surface area contributed by atoms with Gasteiger partial charge in [-0.2, -0.15) is 5.10 Å². The average molecular weight is 251 g/mol. The van der Waals surface area contributed by atoms with Gasteiger partial charge in [-0.3, -0.25) is 4.90 Å². The van der Waals surface area contributed by atoms with E-state index in [9.17, 15) is 0 Å². The lowest BCUT2D eigenvalue weighted by atomic mass is 10.0. The molecule has 0 unspecified atom stereocenters. The molecule has 102 valence electrons. The minimum Gasteiger partial charge on any atom is -0.317 e. The Labute approximate surface area is 110 Å². The lowest BCUT2D eigenvalue weighted by Crippen LogP contribution is -2.43. The van der Waals surface area contributed by atoms with Gasteiger partial charge in [0.2, 0.25) is 0 Å². The SMILES string of the molecule is CCN(Cc1ncnn1C(C)C)C1CCNCC1. The molecule has 1 aliphatic rings. The van der Waals surface area contributed by atoms with Gasteiger partial charge in [-0.05, 0) is 46.3 Å². The van der Waals surface area contributed by atoms with Gasteiger partial charge in [0.05, 0.1) is 6.54 Å². The molecule has 5 nitrogen and oxygen atoms in total. The van der Waals surface area contributed by atoms with Gasteiger partial charge < -0.3 is 5.32 Å². The normalized spacial score (nSPS) is 17.8. The fourth-order valence-electron chi connectivity index (χ4n) is 2.67. The van der Waals surface area contributed by atoms with E-state index in [4.69, 9.17) is 0 Å². The van der Waals surface area contributed by atoms with Crippen LogP contribution < -0.4 is 5.32 Å². The van der Waals surface area contributed by atoms with Crippen molar-refractivity contribution in [1.82, 2.24) is 25.0 Å². The van der Waals surface area contributed by atoms with E-state index in [0.717, 1.165) is 32.0 Å². The molecule has 1 aromatic rings. The van der Waals surface area contributed by atoms with E-state index in [1.807, 2.05) is 4.68 Å². The van der Waals surface area contributed by atoms with Crippen LogP contribution in [0.1, 0.15) is 45.5 Å². The van der Waals surface area contributed by atoms with Gasteiger partial charge in [0, 0.05) is 12.1 Å². The predicted molar refractivity (Wildman–Crippen MR) is 72.4 cm³/mol. The van der Waals surface area contributed by atoms with Crippen molar-refractivity contribution in [3.8, 4) is 0 Å². The van der Waals surface area contributed by atoms with Crippen molar-refractivity contribution >= 4 is 0 Å². The van der Waals surface area contributed by atoms with Gasteiger partial charge in [-0.25, -0.2) is 9.67 Å². The maximum atomic E-state index is 4.41. The number of hydrogen-bond donors (Lipinski definition) is 1. The zero-order valence-corrected chi connectivity index (χ0v) is 11.8. The molecule has 0 aromatic carbocycles. The maximum Gasteiger partial charge on any atom is 0.141 e. The molecule has 1 fully saturated rings. The highest BCUT2D eigenvalue weighted by Gasteiger charge is 2.21. The highest BCUT2D eigenvalue weighted by Crippen LogP contribution is 2.15. The van der Waals surface area contributed by atoms with Gasteiger partial charge in [-0.1, -0.05) is 6.92 Å². The molecule has 0 spiro atoms. The van der Waals surface area contributed by atoms with Gasteiger partial charge in [0.15, 0.2) is 0 Å². The smallest absolute Gasteiger partial charge is 0.141 e. The van der Waals surface area contributed by atoms with E-state index in [1.165, 1.54) is 12.8 Å². The summed E-state index contributed by atoms with van der Waals surface area (Å²) in [4.78, 5) is 6.95. The second kappa shape index (κ2) is 6.29. The first-order valence-corrected chi connectivity index (χ1v) is 7.05. The number of nitrogens with one attached hydrogen (secondary N) is 1. The summed E-state index contributed by atoms with van der Waals surface area (Å²) in [6.07, 6.45) is 4.15. The zero-order chi connectivity index (χ0) is 13.0. The molecular weight excluding hydrogens is 226 g/mol. The summed E-state index contributed by atoms with van der Waals surface area (Å²) >= 11 is 0. The first-order chi connectivity index (χ1) is 8.72. The van der Waals surface area contributed by atoms with Gasteiger partial charge >= 0.3 is 0 Å². The Bertz CT molecular complexity index is 354. The van der Waals surface area contributed by atoms with Crippen LogP contribution in [0.2, 0.25) is 0 Å². The van der Waals surface area contributed by atoms with Crippen LogP contribution in [0, 0.1) is 0 Å². The Morgan fingerprint density at radius 3 is 2.78 bits per heavy atom. The molecular formula is C13H25N5. The Morgan fingerprint density at radius 1 is 1.44 bits per heavy atom. The summed E-state index contributed by atoms with van der Waals surface area (Å²) in [5.41, 5.74) is 0. The summed E-state index contributed by atoms with van der Waals surface area (Å²) in [5.74, 6) is 1.09. The van der Waals surface area contributed by atoms with Crippen LogP contribution in [0.25, 0.3) is 0 Å². The maximum absolute atomic E-state index is 4.41. The van der Waals surface area contributed by atoms with Gasteiger partial charge in [-0.15, -0.1) is 0 Å². The van der Waals surface area contributed by atoms with Crippen molar-refractivity contribution in [2.45, 2.75) is 52.2 Å². The van der Waals surface area contributed by atoms with Crippen molar-refractivity contribution in [1.29, 1.82) is 0 Å². The summed E-state index contributed by atoms with van der Waals surface area (Å²) in [5, 5.41) is 7.74. The third-order valence-electron chi connectivity index (χ3n) is 3.71. The van der Waals surface area contributed by atoms with Crippen LogP contribution in [0.4, 0.5) is 0 Å². The van der Waals surface area contributed by atoms with E-state index in [0.29, 0.717) is 12.1 Å². The lowest BCUT2D eigenvalue weighted by molar-refractivity contribution is 0.155. The Morgan fingerprint density at radius 2 is 2.17 bits per heavy atom. The van der Waals surface area contributed by atoms with Crippen molar-refractivity contribution in [3.05, 3.63) is 12.2 Å². The van der Waals surface area contributed by atoms with Crippen molar-refractivity contribution < 1.29 is 0 Å². The van der Waals surface area contributed by atoms with Gasteiger partial charge in [0.1, 0.15) is 12.2 Å². The molecule has 2 heterocycles. The zero-order valence-electron chi connectivity index (χ0n) is 11.8. The molecule has 5 heteroatoms. The number of piperidine rings is 1. The molecule has 1 saturated heterocycles. The molecule has 0 radical (unpaired) electrons. The summed E-state index contributed by atoms with van der Waals surface area (Å²) in [6, 6.07) is 1.07. The fraction of sp³-hybridized carbons (Fsp3) is 0.846. The van der Waals surface area contributed by atoms with Crippen molar-refractivity contribution in [2.24, 2.45) is 0 Å². The minimum absolute atomic E-state index is 0.384. The molecule has 1 N–H and O–H groups in total. The summed E-state index contributed by atoms with van der Waals surface area (Å²) in [7, 11) is 0. The Hall–Kier alpha value is -0.940. The molecule has 0 bridgehead atoms. The summed E-state index contributed by atoms with van der Waals surface area (Å²) < 4.78 is 2.03. The highest BCUT2D eigenvalue weighted by atomic mass is 15.4. The first-order valence-electron chi connectivity index (χ1n) is 7.05. The average Bonchev–Trinajstić information content (AvgIpc) is 2.85.